The summed E-state index contributed by atoms with van der Waals surface area (Å²) in [6.45, 7) is 3.98. The van der Waals surface area contributed by atoms with Crippen molar-refractivity contribution in [1.82, 2.24) is 0 Å². The summed E-state index contributed by atoms with van der Waals surface area (Å²) in [4.78, 5) is 12.5. The van der Waals surface area contributed by atoms with E-state index in [1.54, 1.807) is 19.2 Å². The lowest BCUT2D eigenvalue weighted by Gasteiger charge is -2.10. The van der Waals surface area contributed by atoms with Crippen LogP contribution in [0.25, 0.3) is 0 Å². The molecule has 0 radical (unpaired) electrons. The van der Waals surface area contributed by atoms with Gasteiger partial charge in [0.15, 0.2) is 5.78 Å². The highest BCUT2D eigenvalue weighted by Gasteiger charge is 2.16. The first-order valence-corrected chi connectivity index (χ1v) is 5.89. The Morgan fingerprint density at radius 2 is 1.61 bits per heavy atom. The molecular formula is C16H16O2. The van der Waals surface area contributed by atoms with Crippen molar-refractivity contribution in [3.05, 3.63) is 64.7 Å². The molecule has 0 fully saturated rings. The van der Waals surface area contributed by atoms with Gasteiger partial charge < -0.3 is 4.74 Å². The zero-order valence-corrected chi connectivity index (χ0v) is 10.9. The van der Waals surface area contributed by atoms with Crippen LogP contribution in [0.3, 0.4) is 0 Å². The molecule has 0 heterocycles. The first-order chi connectivity index (χ1) is 8.65. The van der Waals surface area contributed by atoms with E-state index < -0.39 is 0 Å². The molecule has 0 aliphatic rings. The number of benzene rings is 2. The van der Waals surface area contributed by atoms with Crippen molar-refractivity contribution in [2.24, 2.45) is 0 Å². The van der Waals surface area contributed by atoms with E-state index in [9.17, 15) is 4.79 Å². The molecule has 0 amide bonds. The molecule has 0 N–H and O–H groups in total. The third-order valence-corrected chi connectivity index (χ3v) is 3.20. The summed E-state index contributed by atoms with van der Waals surface area (Å²) in [6, 6.07) is 13.1. The maximum absolute atomic E-state index is 12.5. The molecule has 2 aromatic carbocycles. The Labute approximate surface area is 107 Å². The Morgan fingerprint density at radius 1 is 0.944 bits per heavy atom. The van der Waals surface area contributed by atoms with Crippen molar-refractivity contribution in [2.75, 3.05) is 7.11 Å². The molecule has 2 nitrogen and oxygen atoms in total. The fourth-order valence-electron chi connectivity index (χ4n) is 1.97. The molecule has 0 bridgehead atoms. The van der Waals surface area contributed by atoms with Gasteiger partial charge in [-0.3, -0.25) is 4.79 Å². The van der Waals surface area contributed by atoms with Gasteiger partial charge in [0, 0.05) is 5.56 Å². The molecular weight excluding hydrogens is 224 g/mol. The normalized spacial score (nSPS) is 10.2. The predicted molar refractivity (Wildman–Crippen MR) is 72.3 cm³/mol. The average molecular weight is 240 g/mol. The van der Waals surface area contributed by atoms with E-state index in [-0.39, 0.29) is 5.78 Å². The summed E-state index contributed by atoms with van der Waals surface area (Å²) in [5, 5.41) is 0. The molecule has 0 aromatic heterocycles. The first-order valence-electron chi connectivity index (χ1n) is 5.89. The summed E-state index contributed by atoms with van der Waals surface area (Å²) < 4.78 is 5.24. The van der Waals surface area contributed by atoms with E-state index >= 15 is 0 Å². The van der Waals surface area contributed by atoms with Crippen LogP contribution in [0.5, 0.6) is 5.75 Å². The van der Waals surface area contributed by atoms with Crippen molar-refractivity contribution >= 4 is 5.78 Å². The summed E-state index contributed by atoms with van der Waals surface area (Å²) >= 11 is 0. The minimum absolute atomic E-state index is 0.00801. The highest BCUT2D eigenvalue weighted by Crippen LogP contribution is 2.23. The lowest BCUT2D eigenvalue weighted by molar-refractivity contribution is 0.103. The molecule has 92 valence electrons. The number of hydrogen-bond donors (Lipinski definition) is 0. The van der Waals surface area contributed by atoms with Gasteiger partial charge in [0.1, 0.15) is 5.75 Å². The van der Waals surface area contributed by atoms with Crippen molar-refractivity contribution in [3.8, 4) is 5.75 Å². The Morgan fingerprint density at radius 3 is 2.33 bits per heavy atom. The smallest absolute Gasteiger partial charge is 0.197 e. The Bertz CT molecular complexity index is 585. The van der Waals surface area contributed by atoms with E-state index in [2.05, 4.69) is 0 Å². The second-order valence-corrected chi connectivity index (χ2v) is 4.28. The SMILES string of the molecule is COc1ccccc1C(=O)c1cccc(C)c1C. The maximum atomic E-state index is 12.5. The van der Waals surface area contributed by atoms with E-state index in [0.29, 0.717) is 11.3 Å². The van der Waals surface area contributed by atoms with Crippen LogP contribution >= 0.6 is 0 Å². The molecule has 2 aromatic rings. The number of hydrogen-bond acceptors (Lipinski definition) is 2. The highest BCUT2D eigenvalue weighted by atomic mass is 16.5. The number of ether oxygens (including phenoxy) is 1. The molecule has 2 heteroatoms. The van der Waals surface area contributed by atoms with Crippen molar-refractivity contribution < 1.29 is 9.53 Å². The zero-order chi connectivity index (χ0) is 13.1. The lowest BCUT2D eigenvalue weighted by atomic mass is 9.96. The maximum Gasteiger partial charge on any atom is 0.197 e. The van der Waals surface area contributed by atoms with Gasteiger partial charge in [-0.15, -0.1) is 0 Å². The number of methoxy groups -OCH3 is 1. The Hall–Kier alpha value is -2.09. The molecule has 0 saturated heterocycles. The predicted octanol–water partition coefficient (Wildman–Crippen LogP) is 3.54. The van der Waals surface area contributed by atoms with E-state index in [4.69, 9.17) is 4.74 Å². The van der Waals surface area contributed by atoms with Crippen molar-refractivity contribution in [2.45, 2.75) is 13.8 Å². The largest absolute Gasteiger partial charge is 0.496 e. The molecule has 0 aliphatic heterocycles. The van der Waals surface area contributed by atoms with Gasteiger partial charge in [-0.2, -0.15) is 0 Å². The third kappa shape index (κ3) is 2.14. The second-order valence-electron chi connectivity index (χ2n) is 4.28. The van der Waals surface area contributed by atoms with Crippen LogP contribution in [-0.4, -0.2) is 12.9 Å². The van der Waals surface area contributed by atoms with Crippen LogP contribution in [0.1, 0.15) is 27.0 Å². The van der Waals surface area contributed by atoms with Crippen molar-refractivity contribution in [3.63, 3.8) is 0 Å². The molecule has 0 saturated carbocycles. The van der Waals surface area contributed by atoms with Crippen LogP contribution in [-0.2, 0) is 0 Å². The zero-order valence-electron chi connectivity index (χ0n) is 10.9. The summed E-state index contributed by atoms with van der Waals surface area (Å²) in [7, 11) is 1.58. The third-order valence-electron chi connectivity index (χ3n) is 3.20. The minimum atomic E-state index is 0.00801. The lowest BCUT2D eigenvalue weighted by Crippen LogP contribution is -2.06. The van der Waals surface area contributed by atoms with Crippen LogP contribution < -0.4 is 4.74 Å². The van der Waals surface area contributed by atoms with Crippen LogP contribution in [0.15, 0.2) is 42.5 Å². The van der Waals surface area contributed by atoms with Crippen LogP contribution in [0.2, 0.25) is 0 Å². The number of ketones is 1. The van der Waals surface area contributed by atoms with Crippen LogP contribution in [0.4, 0.5) is 0 Å². The number of para-hydroxylation sites is 1. The van der Waals surface area contributed by atoms with Crippen LogP contribution in [0, 0.1) is 13.8 Å². The second kappa shape index (κ2) is 5.05. The number of carbonyl (C=O) groups excluding carboxylic acids is 1. The fourth-order valence-corrected chi connectivity index (χ4v) is 1.97. The number of carbonyl (C=O) groups is 1. The van der Waals surface area contributed by atoms with Gasteiger partial charge in [-0.05, 0) is 37.1 Å². The summed E-state index contributed by atoms with van der Waals surface area (Å²) in [6.07, 6.45) is 0. The van der Waals surface area contributed by atoms with E-state index in [1.807, 2.05) is 44.2 Å². The van der Waals surface area contributed by atoms with Gasteiger partial charge >= 0.3 is 0 Å². The molecule has 2 rings (SSSR count). The average Bonchev–Trinajstić information content (AvgIpc) is 2.41. The minimum Gasteiger partial charge on any atom is -0.496 e. The Balaban J connectivity index is 2.52. The Kier molecular flexibility index (Phi) is 3.47. The van der Waals surface area contributed by atoms with Gasteiger partial charge in [0.05, 0.1) is 12.7 Å². The molecule has 18 heavy (non-hydrogen) atoms. The molecule has 0 unspecified atom stereocenters. The standard InChI is InChI=1S/C16H16O2/c1-11-7-6-9-13(12(11)2)16(17)14-8-4-5-10-15(14)18-3/h4-10H,1-3H3. The quantitative estimate of drug-likeness (QED) is 0.767. The van der Waals surface area contributed by atoms with Gasteiger partial charge in [0.25, 0.3) is 0 Å². The van der Waals surface area contributed by atoms with E-state index in [0.717, 1.165) is 16.7 Å². The van der Waals surface area contributed by atoms with Gasteiger partial charge in [-0.25, -0.2) is 0 Å². The van der Waals surface area contributed by atoms with Gasteiger partial charge in [0.2, 0.25) is 0 Å². The monoisotopic (exact) mass is 240 g/mol. The van der Waals surface area contributed by atoms with Gasteiger partial charge in [-0.1, -0.05) is 30.3 Å². The fraction of sp³-hybridized carbons (Fsp3) is 0.188. The molecule has 0 aliphatic carbocycles. The number of rotatable bonds is 3. The summed E-state index contributed by atoms with van der Waals surface area (Å²) in [5.41, 5.74) is 3.48. The topological polar surface area (TPSA) is 26.3 Å². The van der Waals surface area contributed by atoms with E-state index in [1.165, 1.54) is 0 Å². The highest BCUT2D eigenvalue weighted by molar-refractivity contribution is 6.11. The van der Waals surface area contributed by atoms with Crippen molar-refractivity contribution in [1.29, 1.82) is 0 Å². The molecule has 0 atom stereocenters. The first kappa shape index (κ1) is 12.4. The summed E-state index contributed by atoms with van der Waals surface area (Å²) in [5.74, 6) is 0.622. The number of aryl methyl sites for hydroxylation is 1. The molecule has 0 spiro atoms.